The molecule has 1 aliphatic carbocycles. The number of methoxy groups -OCH3 is 3. The fraction of sp³-hybridized carbons (Fsp3) is 0.759. The molecule has 2 saturated heterocycles. The highest BCUT2D eigenvalue weighted by Gasteiger charge is 2.53. The first-order valence-electron chi connectivity index (χ1n) is 25.6. The molecule has 0 radical (unpaired) electrons. The molecule has 3 fully saturated rings. The van der Waals surface area contributed by atoms with Crippen LogP contribution in [0.3, 0.4) is 0 Å². The number of carbonyl (C=O) groups is 5. The van der Waals surface area contributed by atoms with Gasteiger partial charge in [-0.25, -0.2) is 4.79 Å². The first-order chi connectivity index (χ1) is 33.2. The van der Waals surface area contributed by atoms with Gasteiger partial charge < -0.3 is 53.7 Å². The van der Waals surface area contributed by atoms with E-state index in [0.717, 1.165) is 12.0 Å². The maximum atomic E-state index is 14.5. The monoisotopic (exact) mass is 988 g/mol. The molecule has 0 aromatic heterocycles. The summed E-state index contributed by atoms with van der Waals surface area (Å²) in [6.07, 6.45) is 10.3. The van der Waals surface area contributed by atoms with E-state index in [1.165, 1.54) is 12.0 Å². The van der Waals surface area contributed by atoms with Crippen LogP contribution >= 0.6 is 0 Å². The van der Waals surface area contributed by atoms with Gasteiger partial charge in [0.25, 0.3) is 11.7 Å². The molecule has 2 bridgehead atoms. The number of aliphatic hydroxyl groups is 4. The summed E-state index contributed by atoms with van der Waals surface area (Å²) in [6.45, 7) is 12.2. The predicted molar refractivity (Wildman–Crippen MR) is 262 cm³/mol. The minimum Gasteiger partial charge on any atom is -0.460 e. The van der Waals surface area contributed by atoms with Crippen LogP contribution in [0.4, 0.5) is 0 Å². The molecule has 3 aliphatic heterocycles. The van der Waals surface area contributed by atoms with E-state index in [0.29, 0.717) is 63.4 Å². The summed E-state index contributed by atoms with van der Waals surface area (Å²) in [7, 11) is 4.53. The van der Waals surface area contributed by atoms with E-state index in [1.807, 2.05) is 58.1 Å². The predicted octanol–water partition coefficient (Wildman–Crippen LogP) is 5.56. The van der Waals surface area contributed by atoms with Gasteiger partial charge in [0, 0.05) is 58.5 Å². The lowest BCUT2D eigenvalue weighted by atomic mass is 9.78. The van der Waals surface area contributed by atoms with Gasteiger partial charge in [0.15, 0.2) is 5.78 Å². The highest BCUT2D eigenvalue weighted by Crippen LogP contribution is 2.38. The molecule has 1 amide bonds. The molecule has 0 aromatic rings. The number of hydrogen-bond donors (Lipinski definition) is 4. The van der Waals surface area contributed by atoms with Crippen molar-refractivity contribution in [3.05, 3.63) is 47.6 Å². The van der Waals surface area contributed by atoms with Crippen molar-refractivity contribution in [1.82, 2.24) is 4.90 Å². The highest BCUT2D eigenvalue weighted by molar-refractivity contribution is 6.39. The van der Waals surface area contributed by atoms with Gasteiger partial charge in [-0.15, -0.1) is 0 Å². The van der Waals surface area contributed by atoms with Gasteiger partial charge in [-0.05, 0) is 107 Å². The van der Waals surface area contributed by atoms with Crippen LogP contribution in [0, 0.1) is 35.5 Å². The van der Waals surface area contributed by atoms with Crippen LogP contribution in [0.1, 0.15) is 126 Å². The van der Waals surface area contributed by atoms with Gasteiger partial charge in [0.2, 0.25) is 5.79 Å². The molecule has 16 atom stereocenters. The van der Waals surface area contributed by atoms with E-state index in [-0.39, 0.29) is 67.5 Å². The second-order valence-corrected chi connectivity index (χ2v) is 20.7. The third-order valence-electron chi connectivity index (χ3n) is 15.2. The Morgan fingerprint density at radius 2 is 1.59 bits per heavy atom. The minimum absolute atomic E-state index is 0.00701. The van der Waals surface area contributed by atoms with Crippen LogP contribution in [0.15, 0.2) is 47.6 Å². The molecule has 1 saturated carbocycles. The van der Waals surface area contributed by atoms with E-state index in [9.17, 15) is 44.4 Å². The lowest BCUT2D eigenvalue weighted by Gasteiger charge is -2.42. The van der Waals surface area contributed by atoms with E-state index < -0.39 is 90.5 Å². The van der Waals surface area contributed by atoms with Gasteiger partial charge in [0.1, 0.15) is 36.2 Å². The van der Waals surface area contributed by atoms with E-state index in [2.05, 4.69) is 0 Å². The molecule has 70 heavy (non-hydrogen) atoms. The third kappa shape index (κ3) is 16.0. The van der Waals surface area contributed by atoms with Crippen LogP contribution < -0.4 is 0 Å². The van der Waals surface area contributed by atoms with Crippen molar-refractivity contribution in [2.45, 2.75) is 186 Å². The van der Waals surface area contributed by atoms with Crippen molar-refractivity contribution in [2.24, 2.45) is 35.5 Å². The number of rotatable bonds is 10. The second-order valence-electron chi connectivity index (χ2n) is 20.7. The molecule has 4 rings (SSSR count). The van der Waals surface area contributed by atoms with Crippen molar-refractivity contribution in [3.63, 3.8) is 0 Å². The summed E-state index contributed by atoms with van der Waals surface area (Å²) in [5, 5.41) is 42.7. The maximum Gasteiger partial charge on any atom is 0.329 e. The molecule has 0 aromatic carbocycles. The van der Waals surface area contributed by atoms with Crippen molar-refractivity contribution in [3.8, 4) is 0 Å². The summed E-state index contributed by atoms with van der Waals surface area (Å²) >= 11 is 0. The molecular formula is C54H85NO15. The van der Waals surface area contributed by atoms with Gasteiger partial charge in [0.05, 0.1) is 37.6 Å². The number of nitrogens with zero attached hydrogens (tertiary/aromatic N) is 1. The van der Waals surface area contributed by atoms with Crippen LogP contribution in [-0.2, 0) is 52.4 Å². The lowest BCUT2D eigenvalue weighted by molar-refractivity contribution is -0.265. The number of cyclic esters (lactones) is 1. The largest absolute Gasteiger partial charge is 0.460 e. The highest BCUT2D eigenvalue weighted by atomic mass is 16.6. The van der Waals surface area contributed by atoms with Crippen molar-refractivity contribution in [1.29, 1.82) is 0 Å². The van der Waals surface area contributed by atoms with E-state index >= 15 is 0 Å². The smallest absolute Gasteiger partial charge is 0.329 e. The quantitative estimate of drug-likeness (QED) is 0.120. The Morgan fingerprint density at radius 3 is 2.26 bits per heavy atom. The number of aliphatic hydroxyl groups excluding tert-OH is 3. The van der Waals surface area contributed by atoms with Gasteiger partial charge in [-0.1, -0.05) is 71.1 Å². The number of ketones is 3. The fourth-order valence-electron chi connectivity index (χ4n) is 10.6. The SMILES string of the molecule is CO[C@H]1C[C@@H]2CC[C@@H](C)[C@@](O)(O2)C(=O)C(=O)N2CCCC[C@H]2C(=O)O[C@H]([C@H](C)C[C@H]2CC[C@@H](OCC(O)CO)[C@H](OC)C2)CC(=O)[C@H](C)/C=C(\C)[C@@H](O)[C@@H](OC)C(=O)[C@H](C)C[C@H](C)\C=C/C=C/C=C/1C. The van der Waals surface area contributed by atoms with Gasteiger partial charge in [-0.2, -0.15) is 0 Å². The summed E-state index contributed by atoms with van der Waals surface area (Å²) < 4.78 is 35.6. The molecular weight excluding hydrogens is 903 g/mol. The number of allylic oxidation sites excluding steroid dienone is 6. The average Bonchev–Trinajstić information content (AvgIpc) is 3.34. The summed E-state index contributed by atoms with van der Waals surface area (Å²) in [4.78, 5) is 72.2. The van der Waals surface area contributed by atoms with Crippen LogP contribution in [0.25, 0.3) is 0 Å². The van der Waals surface area contributed by atoms with E-state index in [4.69, 9.17) is 28.4 Å². The number of esters is 1. The third-order valence-corrected chi connectivity index (χ3v) is 15.2. The summed E-state index contributed by atoms with van der Waals surface area (Å²) in [6, 6.07) is -1.17. The number of carbonyl (C=O) groups excluding carboxylic acids is 5. The number of amides is 1. The first-order valence-corrected chi connectivity index (χ1v) is 25.6. The van der Waals surface area contributed by atoms with Crippen molar-refractivity contribution in [2.75, 3.05) is 41.1 Å². The van der Waals surface area contributed by atoms with Crippen LogP contribution in [-0.4, -0.2) is 156 Å². The van der Waals surface area contributed by atoms with Gasteiger partial charge >= 0.3 is 5.97 Å². The average molecular weight is 988 g/mol. The zero-order chi connectivity index (χ0) is 51.9. The molecule has 0 spiro atoms. The summed E-state index contributed by atoms with van der Waals surface area (Å²) in [5.41, 5.74) is 1.24. The van der Waals surface area contributed by atoms with Gasteiger partial charge in [-0.3, -0.25) is 19.2 Å². The number of piperidine rings is 1. The Morgan fingerprint density at radius 1 is 0.857 bits per heavy atom. The normalized spacial score (nSPS) is 38.9. The number of Topliss-reactive ketones (excluding diaryl/α,β-unsaturated/α-hetero) is 3. The molecule has 3 heterocycles. The molecule has 16 heteroatoms. The molecule has 396 valence electrons. The first kappa shape index (κ1) is 59.1. The Hall–Kier alpha value is -3.45. The Kier molecular flexibility index (Phi) is 23.7. The zero-order valence-corrected chi connectivity index (χ0v) is 43.5. The molecule has 16 nitrogen and oxygen atoms in total. The van der Waals surface area contributed by atoms with Crippen molar-refractivity contribution < 1.29 is 72.8 Å². The molecule has 1 unspecified atom stereocenters. The molecule has 4 aliphatic rings. The summed E-state index contributed by atoms with van der Waals surface area (Å²) in [5.74, 6) is -8.20. The Labute approximate surface area is 416 Å². The van der Waals surface area contributed by atoms with Crippen molar-refractivity contribution >= 4 is 29.2 Å². The van der Waals surface area contributed by atoms with Crippen LogP contribution in [0.5, 0.6) is 0 Å². The number of hydrogen-bond acceptors (Lipinski definition) is 15. The minimum atomic E-state index is -2.45. The number of fused-ring (bicyclic) bond motifs is 3. The lowest BCUT2D eigenvalue weighted by Crippen LogP contribution is -2.61. The molecule has 4 N–H and O–H groups in total. The topological polar surface area (TPSA) is 225 Å². The second kappa shape index (κ2) is 28.1. The Balaban J connectivity index is 1.69. The zero-order valence-electron chi connectivity index (χ0n) is 43.5. The Bertz CT molecular complexity index is 1860. The standard InChI is InChI=1S/C54H85NO15/c1-32-16-12-11-13-17-33(2)45(65-8)28-41-21-19-38(7)54(64,70-41)51(61)52(62)55-23-15-14-18-42(55)53(63)69-46(35(4)26-39-20-22-44(47(27-39)66-9)68-31-40(57)30-56)29-43(58)34(3)25-37(6)49(60)50(67-10)48(59)36(5)24-32/h11-13,16-17,25,32,34-36,38-42,44-47,49-50,56-57,60,64H,14-15,18-24,26-31H2,1-10H3/b13-11+,16-12-,33-17+,37-25+/t32-,34-,35-,36-,38-,39-,40?,41+,42+,44-,45+,46+,47-,49-,50+,54-/m1/s1. The number of ether oxygens (including phenoxy) is 6. The maximum absolute atomic E-state index is 14.5. The van der Waals surface area contributed by atoms with Crippen LogP contribution in [0.2, 0.25) is 0 Å². The van der Waals surface area contributed by atoms with E-state index in [1.54, 1.807) is 41.1 Å². The fourth-order valence-corrected chi connectivity index (χ4v) is 10.6.